The number of rotatable bonds is 1. The molecule has 0 bridgehead atoms. The first-order valence-corrected chi connectivity index (χ1v) is 5.06. The Morgan fingerprint density at radius 2 is 2.25 bits per heavy atom. The standard InChI is InChI=1S/C11H9BN2O2/c12-7-1-2-8-9(5-7)16-10(6-15-8)11-13-3-4-14-11/h1-2,5-6H,3-4H2,(H,13,14). The highest BCUT2D eigenvalue weighted by molar-refractivity contribution is 6.32. The average Bonchev–Trinajstić information content (AvgIpc) is 2.81. The van der Waals surface area contributed by atoms with Gasteiger partial charge >= 0.3 is 0 Å². The minimum Gasteiger partial charge on any atom is -0.457 e. The van der Waals surface area contributed by atoms with Crippen molar-refractivity contribution in [3.8, 4) is 11.5 Å². The number of nitrogens with zero attached hydrogens (tertiary/aromatic N) is 1. The highest BCUT2D eigenvalue weighted by Crippen LogP contribution is 2.31. The zero-order valence-corrected chi connectivity index (χ0v) is 8.56. The molecule has 0 aromatic heterocycles. The SMILES string of the molecule is [B]c1ccc2c(c1)OC(C1=NCCN1)=CO2. The second kappa shape index (κ2) is 3.59. The van der Waals surface area contributed by atoms with Crippen molar-refractivity contribution in [2.75, 3.05) is 13.1 Å². The van der Waals surface area contributed by atoms with Gasteiger partial charge in [0.25, 0.3) is 0 Å². The number of benzene rings is 1. The lowest BCUT2D eigenvalue weighted by molar-refractivity contribution is 0.343. The number of hydrogen-bond donors (Lipinski definition) is 1. The minimum atomic E-state index is 0.593. The van der Waals surface area contributed by atoms with Gasteiger partial charge in [-0.2, -0.15) is 0 Å². The Kier molecular flexibility index (Phi) is 2.09. The van der Waals surface area contributed by atoms with Gasteiger partial charge in [-0.3, -0.25) is 4.99 Å². The lowest BCUT2D eigenvalue weighted by atomic mass is 9.96. The highest BCUT2D eigenvalue weighted by Gasteiger charge is 2.20. The first-order valence-electron chi connectivity index (χ1n) is 5.06. The molecule has 2 aliphatic rings. The molecule has 0 saturated heterocycles. The summed E-state index contributed by atoms with van der Waals surface area (Å²) in [6.45, 7) is 1.60. The molecule has 0 fully saturated rings. The molecule has 0 aliphatic carbocycles. The van der Waals surface area contributed by atoms with Crippen LogP contribution < -0.4 is 20.3 Å². The van der Waals surface area contributed by atoms with E-state index >= 15 is 0 Å². The summed E-state index contributed by atoms with van der Waals surface area (Å²) in [5.41, 5.74) is 0.643. The van der Waals surface area contributed by atoms with E-state index in [0.29, 0.717) is 22.7 Å². The molecular weight excluding hydrogens is 203 g/mol. The third-order valence-electron chi connectivity index (χ3n) is 2.39. The maximum absolute atomic E-state index is 5.68. The molecule has 0 spiro atoms. The van der Waals surface area contributed by atoms with Crippen LogP contribution in [0.15, 0.2) is 35.2 Å². The van der Waals surface area contributed by atoms with Crippen molar-refractivity contribution in [1.29, 1.82) is 0 Å². The van der Waals surface area contributed by atoms with Crippen LogP contribution in [0.5, 0.6) is 11.5 Å². The predicted octanol–water partition coefficient (Wildman–Crippen LogP) is 0.0947. The van der Waals surface area contributed by atoms with Gasteiger partial charge in [-0.25, -0.2) is 0 Å². The van der Waals surface area contributed by atoms with E-state index in [0.717, 1.165) is 18.9 Å². The molecule has 2 radical (unpaired) electrons. The van der Waals surface area contributed by atoms with Crippen molar-refractivity contribution in [2.24, 2.45) is 4.99 Å². The van der Waals surface area contributed by atoms with E-state index < -0.39 is 0 Å². The number of aliphatic imine (C=N–C) groups is 1. The molecule has 4 nitrogen and oxygen atoms in total. The van der Waals surface area contributed by atoms with E-state index in [9.17, 15) is 0 Å². The topological polar surface area (TPSA) is 42.8 Å². The summed E-state index contributed by atoms with van der Waals surface area (Å²) in [6.07, 6.45) is 1.55. The van der Waals surface area contributed by atoms with Gasteiger partial charge in [-0.15, -0.1) is 0 Å². The van der Waals surface area contributed by atoms with Gasteiger partial charge in [0, 0.05) is 6.54 Å². The van der Waals surface area contributed by atoms with Gasteiger partial charge in [0.15, 0.2) is 17.3 Å². The molecule has 2 aliphatic heterocycles. The number of hydrogen-bond acceptors (Lipinski definition) is 4. The monoisotopic (exact) mass is 212 g/mol. The lowest BCUT2D eigenvalue weighted by Gasteiger charge is -2.18. The average molecular weight is 212 g/mol. The van der Waals surface area contributed by atoms with Crippen molar-refractivity contribution >= 4 is 19.1 Å². The maximum atomic E-state index is 5.68. The van der Waals surface area contributed by atoms with Crippen LogP contribution in [0.4, 0.5) is 0 Å². The number of fused-ring (bicyclic) bond motifs is 1. The van der Waals surface area contributed by atoms with Crippen LogP contribution >= 0.6 is 0 Å². The Balaban J connectivity index is 1.90. The van der Waals surface area contributed by atoms with Gasteiger partial charge in [0.05, 0.1) is 6.54 Å². The number of amidine groups is 1. The fraction of sp³-hybridized carbons (Fsp3) is 0.182. The van der Waals surface area contributed by atoms with E-state index in [1.165, 1.54) is 0 Å². The normalized spacial score (nSPS) is 17.5. The summed E-state index contributed by atoms with van der Waals surface area (Å²) in [7, 11) is 5.68. The first kappa shape index (κ1) is 9.33. The second-order valence-electron chi connectivity index (χ2n) is 3.57. The summed E-state index contributed by atoms with van der Waals surface area (Å²) in [6, 6.07) is 5.28. The Morgan fingerprint density at radius 3 is 3.06 bits per heavy atom. The van der Waals surface area contributed by atoms with Crippen LogP contribution in [-0.2, 0) is 0 Å². The summed E-state index contributed by atoms with van der Waals surface area (Å²) < 4.78 is 11.1. The summed E-state index contributed by atoms with van der Waals surface area (Å²) in [5.74, 6) is 2.61. The van der Waals surface area contributed by atoms with Gasteiger partial charge in [0.1, 0.15) is 14.1 Å². The van der Waals surface area contributed by atoms with Gasteiger partial charge < -0.3 is 14.8 Å². The van der Waals surface area contributed by atoms with E-state index in [4.69, 9.17) is 17.3 Å². The summed E-state index contributed by atoms with van der Waals surface area (Å²) in [5, 5.41) is 3.12. The molecule has 16 heavy (non-hydrogen) atoms. The highest BCUT2D eigenvalue weighted by atomic mass is 16.6. The van der Waals surface area contributed by atoms with Crippen molar-refractivity contribution in [3.05, 3.63) is 30.2 Å². The van der Waals surface area contributed by atoms with E-state index in [1.807, 2.05) is 0 Å². The van der Waals surface area contributed by atoms with Crippen molar-refractivity contribution < 1.29 is 9.47 Å². The lowest BCUT2D eigenvalue weighted by Crippen LogP contribution is -2.25. The Hall–Kier alpha value is -1.91. The third-order valence-corrected chi connectivity index (χ3v) is 2.39. The molecule has 1 aromatic carbocycles. The quantitative estimate of drug-likeness (QED) is 0.671. The van der Waals surface area contributed by atoms with Crippen LogP contribution in [0.2, 0.25) is 0 Å². The fourth-order valence-corrected chi connectivity index (χ4v) is 1.63. The molecule has 78 valence electrons. The maximum Gasteiger partial charge on any atom is 0.204 e. The Morgan fingerprint density at radius 1 is 1.31 bits per heavy atom. The predicted molar refractivity (Wildman–Crippen MR) is 61.5 cm³/mol. The minimum absolute atomic E-state index is 0.593. The molecule has 1 aromatic rings. The molecule has 0 atom stereocenters. The second-order valence-corrected chi connectivity index (χ2v) is 3.57. The molecule has 2 heterocycles. The Labute approximate surface area is 94.4 Å². The largest absolute Gasteiger partial charge is 0.457 e. The van der Waals surface area contributed by atoms with Crippen LogP contribution in [0, 0.1) is 0 Å². The third kappa shape index (κ3) is 1.54. The van der Waals surface area contributed by atoms with Crippen LogP contribution in [0.3, 0.4) is 0 Å². The first-order chi connectivity index (χ1) is 7.83. The molecule has 1 N–H and O–H groups in total. The summed E-state index contributed by atoms with van der Waals surface area (Å²) >= 11 is 0. The molecular formula is C11H9BN2O2. The zero-order chi connectivity index (χ0) is 11.0. The molecule has 0 saturated carbocycles. The molecule has 3 rings (SSSR count). The number of ether oxygens (including phenoxy) is 2. The van der Waals surface area contributed by atoms with Gasteiger partial charge in [-0.05, 0) is 12.1 Å². The molecule has 5 heteroatoms. The van der Waals surface area contributed by atoms with Crippen LogP contribution in [0.25, 0.3) is 0 Å². The molecule has 0 unspecified atom stereocenters. The van der Waals surface area contributed by atoms with E-state index in [1.54, 1.807) is 24.5 Å². The fourth-order valence-electron chi connectivity index (χ4n) is 1.63. The Bertz CT molecular complexity index is 497. The number of nitrogens with one attached hydrogen (secondary N) is 1. The van der Waals surface area contributed by atoms with Crippen molar-refractivity contribution in [2.45, 2.75) is 0 Å². The molecule has 0 amide bonds. The van der Waals surface area contributed by atoms with Gasteiger partial charge in [-0.1, -0.05) is 11.5 Å². The zero-order valence-electron chi connectivity index (χ0n) is 8.56. The smallest absolute Gasteiger partial charge is 0.204 e. The van der Waals surface area contributed by atoms with Crippen LogP contribution in [-0.4, -0.2) is 26.8 Å². The van der Waals surface area contributed by atoms with Gasteiger partial charge in [0.2, 0.25) is 5.76 Å². The summed E-state index contributed by atoms with van der Waals surface area (Å²) in [4.78, 5) is 4.26. The van der Waals surface area contributed by atoms with E-state index in [-0.39, 0.29) is 0 Å². The van der Waals surface area contributed by atoms with Crippen molar-refractivity contribution in [1.82, 2.24) is 5.32 Å². The van der Waals surface area contributed by atoms with E-state index in [2.05, 4.69) is 10.3 Å². The van der Waals surface area contributed by atoms with Crippen LogP contribution in [0.1, 0.15) is 0 Å². The van der Waals surface area contributed by atoms with Crippen molar-refractivity contribution in [3.63, 3.8) is 0 Å².